The molecule has 2 nitrogen and oxygen atoms in total. The molecule has 0 bridgehead atoms. The molecule has 0 aliphatic rings. The van der Waals surface area contributed by atoms with Gasteiger partial charge in [0.25, 0.3) is 0 Å². The maximum atomic E-state index is 4.17. The van der Waals surface area contributed by atoms with Gasteiger partial charge in [0.1, 0.15) is 0 Å². The molecule has 0 unspecified atom stereocenters. The molecule has 2 rings (SSSR count). The zero-order valence-corrected chi connectivity index (χ0v) is 16.6. The standard InChI is InChI=1S/C25H32N2/c1-3-5-7-9-11-23-14-18-25(19-15-23)21-27-26-20-24-16-12-22(13-17-24)10-8-6-4-2/h3,12-21H,1,4-11H2,2H3. The summed E-state index contributed by atoms with van der Waals surface area (Å²) in [7, 11) is 0. The molecule has 0 spiro atoms. The van der Waals surface area contributed by atoms with Crippen LogP contribution in [0.3, 0.4) is 0 Å². The van der Waals surface area contributed by atoms with E-state index in [1.807, 2.05) is 6.08 Å². The smallest absolute Gasteiger partial charge is 0.0568 e. The molecule has 27 heavy (non-hydrogen) atoms. The van der Waals surface area contributed by atoms with Crippen LogP contribution in [0.1, 0.15) is 67.7 Å². The van der Waals surface area contributed by atoms with Crippen molar-refractivity contribution in [1.29, 1.82) is 0 Å². The fraction of sp³-hybridized carbons (Fsp3) is 0.360. The molecule has 0 amide bonds. The van der Waals surface area contributed by atoms with E-state index in [0.717, 1.165) is 30.4 Å². The normalized spacial score (nSPS) is 11.4. The van der Waals surface area contributed by atoms with Crippen molar-refractivity contribution in [2.75, 3.05) is 0 Å². The molecule has 0 aliphatic carbocycles. The molecule has 0 atom stereocenters. The lowest BCUT2D eigenvalue weighted by Gasteiger charge is -2.01. The first-order chi connectivity index (χ1) is 13.3. The summed E-state index contributed by atoms with van der Waals surface area (Å²) in [6.07, 6.45) is 15.2. The molecule has 0 aliphatic heterocycles. The Morgan fingerprint density at radius 1 is 0.704 bits per heavy atom. The van der Waals surface area contributed by atoms with Gasteiger partial charge in [-0.2, -0.15) is 10.2 Å². The quantitative estimate of drug-likeness (QED) is 0.173. The van der Waals surface area contributed by atoms with Gasteiger partial charge in [0.15, 0.2) is 0 Å². The van der Waals surface area contributed by atoms with Crippen molar-refractivity contribution in [3.05, 3.63) is 83.4 Å². The van der Waals surface area contributed by atoms with Crippen LogP contribution in [-0.2, 0) is 12.8 Å². The minimum atomic E-state index is 1.08. The van der Waals surface area contributed by atoms with E-state index in [2.05, 4.69) is 72.2 Å². The zero-order chi connectivity index (χ0) is 19.2. The Balaban J connectivity index is 1.77. The van der Waals surface area contributed by atoms with Crippen molar-refractivity contribution in [1.82, 2.24) is 0 Å². The number of unbranched alkanes of at least 4 members (excludes halogenated alkanes) is 4. The second-order valence-corrected chi connectivity index (χ2v) is 6.96. The Morgan fingerprint density at radius 2 is 1.19 bits per heavy atom. The fourth-order valence-electron chi connectivity index (χ4n) is 2.94. The highest BCUT2D eigenvalue weighted by molar-refractivity contribution is 5.82. The highest BCUT2D eigenvalue weighted by Gasteiger charge is 1.95. The van der Waals surface area contributed by atoms with Crippen molar-refractivity contribution < 1.29 is 0 Å². The van der Waals surface area contributed by atoms with E-state index in [0.29, 0.717) is 0 Å². The lowest BCUT2D eigenvalue weighted by Crippen LogP contribution is -1.88. The third-order valence-electron chi connectivity index (χ3n) is 4.63. The van der Waals surface area contributed by atoms with Gasteiger partial charge in [0.05, 0.1) is 12.4 Å². The number of hydrogen-bond donors (Lipinski definition) is 0. The molecule has 0 aromatic heterocycles. The third-order valence-corrected chi connectivity index (χ3v) is 4.63. The zero-order valence-electron chi connectivity index (χ0n) is 16.6. The Bertz CT molecular complexity index is 709. The number of benzene rings is 2. The number of allylic oxidation sites excluding steroid dienone is 1. The molecule has 0 radical (unpaired) electrons. The molecule has 0 saturated heterocycles. The predicted molar refractivity (Wildman–Crippen MR) is 119 cm³/mol. The van der Waals surface area contributed by atoms with Gasteiger partial charge < -0.3 is 0 Å². The summed E-state index contributed by atoms with van der Waals surface area (Å²) in [6.45, 7) is 6.00. The first-order valence-corrected chi connectivity index (χ1v) is 10.2. The second kappa shape index (κ2) is 12.8. The SMILES string of the molecule is C=CCCCCc1ccc(C=NN=Cc2ccc(CCCCC)cc2)cc1. The van der Waals surface area contributed by atoms with E-state index in [-0.39, 0.29) is 0 Å². The van der Waals surface area contributed by atoms with Gasteiger partial charge in [-0.1, -0.05) is 74.4 Å². The summed E-state index contributed by atoms with van der Waals surface area (Å²) in [5.74, 6) is 0. The van der Waals surface area contributed by atoms with E-state index in [9.17, 15) is 0 Å². The Kier molecular flexibility index (Phi) is 9.88. The summed E-state index contributed by atoms with van der Waals surface area (Å²) >= 11 is 0. The van der Waals surface area contributed by atoms with E-state index in [4.69, 9.17) is 0 Å². The molecule has 0 fully saturated rings. The van der Waals surface area contributed by atoms with Crippen LogP contribution in [0.25, 0.3) is 0 Å². The summed E-state index contributed by atoms with van der Waals surface area (Å²) in [5.41, 5.74) is 4.93. The van der Waals surface area contributed by atoms with Crippen LogP contribution in [0.2, 0.25) is 0 Å². The van der Waals surface area contributed by atoms with Crippen LogP contribution in [0.5, 0.6) is 0 Å². The predicted octanol–water partition coefficient (Wildman–Crippen LogP) is 6.77. The number of hydrogen-bond acceptors (Lipinski definition) is 2. The molecule has 2 aromatic rings. The molecule has 2 heteroatoms. The van der Waals surface area contributed by atoms with Crippen LogP contribution in [-0.4, -0.2) is 12.4 Å². The molecule has 2 aromatic carbocycles. The number of nitrogens with zero attached hydrogens (tertiary/aromatic N) is 2. The van der Waals surface area contributed by atoms with Gasteiger partial charge in [0, 0.05) is 0 Å². The van der Waals surface area contributed by atoms with Crippen LogP contribution in [0, 0.1) is 0 Å². The van der Waals surface area contributed by atoms with Gasteiger partial charge >= 0.3 is 0 Å². The van der Waals surface area contributed by atoms with Gasteiger partial charge in [-0.05, 0) is 60.8 Å². The fourth-order valence-corrected chi connectivity index (χ4v) is 2.94. The monoisotopic (exact) mass is 360 g/mol. The lowest BCUT2D eigenvalue weighted by atomic mass is 10.1. The Hall–Kier alpha value is -2.48. The number of rotatable bonds is 12. The van der Waals surface area contributed by atoms with Crippen LogP contribution in [0.4, 0.5) is 0 Å². The molecule has 0 heterocycles. The minimum absolute atomic E-state index is 1.08. The van der Waals surface area contributed by atoms with Crippen LogP contribution < -0.4 is 0 Å². The number of aryl methyl sites for hydroxylation is 2. The summed E-state index contributed by atoms with van der Waals surface area (Å²) in [4.78, 5) is 0. The van der Waals surface area contributed by atoms with E-state index in [1.54, 1.807) is 12.4 Å². The van der Waals surface area contributed by atoms with Crippen LogP contribution >= 0.6 is 0 Å². The molecule has 0 saturated carbocycles. The first-order valence-electron chi connectivity index (χ1n) is 10.2. The summed E-state index contributed by atoms with van der Waals surface area (Å²) in [5, 5.41) is 8.34. The highest BCUT2D eigenvalue weighted by atomic mass is 15.2. The minimum Gasteiger partial charge on any atom is -0.159 e. The largest absolute Gasteiger partial charge is 0.159 e. The maximum Gasteiger partial charge on any atom is 0.0568 e. The average Bonchev–Trinajstić information content (AvgIpc) is 2.71. The maximum absolute atomic E-state index is 4.17. The van der Waals surface area contributed by atoms with Gasteiger partial charge in [-0.3, -0.25) is 0 Å². The average molecular weight is 361 g/mol. The van der Waals surface area contributed by atoms with Crippen molar-refractivity contribution in [2.24, 2.45) is 10.2 Å². The van der Waals surface area contributed by atoms with Crippen molar-refractivity contribution in [3.63, 3.8) is 0 Å². The molecular formula is C25H32N2. The highest BCUT2D eigenvalue weighted by Crippen LogP contribution is 2.09. The van der Waals surface area contributed by atoms with Gasteiger partial charge in [0.2, 0.25) is 0 Å². The van der Waals surface area contributed by atoms with Crippen LogP contribution in [0.15, 0.2) is 71.4 Å². The van der Waals surface area contributed by atoms with Crippen molar-refractivity contribution in [2.45, 2.75) is 58.3 Å². The van der Waals surface area contributed by atoms with Gasteiger partial charge in [-0.15, -0.1) is 6.58 Å². The first kappa shape index (κ1) is 20.8. The Labute approximate surface area is 164 Å². The van der Waals surface area contributed by atoms with E-state index in [1.165, 1.54) is 43.2 Å². The molecule has 142 valence electrons. The molecular weight excluding hydrogens is 328 g/mol. The van der Waals surface area contributed by atoms with Gasteiger partial charge in [-0.25, -0.2) is 0 Å². The summed E-state index contributed by atoms with van der Waals surface area (Å²) < 4.78 is 0. The van der Waals surface area contributed by atoms with E-state index >= 15 is 0 Å². The molecule has 0 N–H and O–H groups in total. The second-order valence-electron chi connectivity index (χ2n) is 6.96. The lowest BCUT2D eigenvalue weighted by molar-refractivity contribution is 0.717. The van der Waals surface area contributed by atoms with Crippen molar-refractivity contribution in [3.8, 4) is 0 Å². The third kappa shape index (κ3) is 8.63. The van der Waals surface area contributed by atoms with E-state index < -0.39 is 0 Å². The summed E-state index contributed by atoms with van der Waals surface area (Å²) in [6, 6.07) is 17.2. The Morgan fingerprint density at radius 3 is 1.63 bits per heavy atom. The topological polar surface area (TPSA) is 24.7 Å². The van der Waals surface area contributed by atoms with Crippen molar-refractivity contribution >= 4 is 12.4 Å².